The highest BCUT2D eigenvalue weighted by Gasteiger charge is 2.15. The third-order valence-electron chi connectivity index (χ3n) is 0.851. The molecule has 1 rings (SSSR count). The first kappa shape index (κ1) is 7.31. The average Bonchev–Trinajstić information content (AvgIpc) is 1.88. The molecule has 0 amide bonds. The zero-order chi connectivity index (χ0) is 7.61. The number of nitrogens with zero attached hydrogens (tertiary/aromatic N) is 3. The minimum atomic E-state index is -3.28. The summed E-state index contributed by atoms with van der Waals surface area (Å²) in [7, 11) is -3.28. The summed E-state index contributed by atoms with van der Waals surface area (Å²) in [6, 6.07) is 0. The van der Waals surface area contributed by atoms with E-state index in [1.165, 1.54) is 19.3 Å². The van der Waals surface area contributed by atoms with E-state index in [0.717, 1.165) is 0 Å². The normalized spacial score (nSPS) is 16.2. The van der Waals surface area contributed by atoms with Gasteiger partial charge in [-0.25, -0.2) is 15.0 Å². The third kappa shape index (κ3) is 1.59. The van der Waals surface area contributed by atoms with Gasteiger partial charge < -0.3 is 4.89 Å². The van der Waals surface area contributed by atoms with Gasteiger partial charge in [0.1, 0.15) is 12.7 Å². The van der Waals surface area contributed by atoms with Gasteiger partial charge in [-0.2, -0.15) is 0 Å². The van der Waals surface area contributed by atoms with Crippen LogP contribution in [0.15, 0.2) is 12.7 Å². The topological polar surface area (TPSA) is 76.0 Å². The van der Waals surface area contributed by atoms with Gasteiger partial charge in [0, 0.05) is 6.66 Å². The lowest BCUT2D eigenvalue weighted by Gasteiger charge is -1.99. The Morgan fingerprint density at radius 3 is 2.30 bits per heavy atom. The van der Waals surface area contributed by atoms with E-state index in [2.05, 4.69) is 15.0 Å². The predicted molar refractivity (Wildman–Crippen MR) is 35.2 cm³/mol. The molecule has 0 aliphatic carbocycles. The maximum absolute atomic E-state index is 10.8. The fraction of sp³-hybridized carbons (Fsp3) is 0.250. The summed E-state index contributed by atoms with van der Waals surface area (Å²) in [5.74, 6) is 0. The second-order valence-electron chi connectivity index (χ2n) is 1.82. The van der Waals surface area contributed by atoms with E-state index in [0.29, 0.717) is 0 Å². The molecule has 0 radical (unpaired) electrons. The fourth-order valence-electron chi connectivity index (χ4n) is 0.447. The van der Waals surface area contributed by atoms with Gasteiger partial charge in [0.25, 0.3) is 7.37 Å². The summed E-state index contributed by atoms with van der Waals surface area (Å²) >= 11 is 0. The first-order valence-corrected chi connectivity index (χ1v) is 4.64. The van der Waals surface area contributed by atoms with E-state index >= 15 is 0 Å². The van der Waals surface area contributed by atoms with Gasteiger partial charge in [0.15, 0.2) is 0 Å². The molecular weight excluding hydrogens is 153 g/mol. The second kappa shape index (κ2) is 2.44. The summed E-state index contributed by atoms with van der Waals surface area (Å²) in [6.45, 7) is 1.18. The van der Waals surface area contributed by atoms with Crippen LogP contribution in [0.5, 0.6) is 0 Å². The lowest BCUT2D eigenvalue weighted by molar-refractivity contribution is 0.494. The van der Waals surface area contributed by atoms with Crippen LogP contribution in [-0.4, -0.2) is 26.5 Å². The Kier molecular flexibility index (Phi) is 1.78. The Morgan fingerprint density at radius 1 is 1.50 bits per heavy atom. The monoisotopic (exact) mass is 159 g/mol. The molecule has 10 heavy (non-hydrogen) atoms. The molecule has 1 aromatic rings. The quantitative estimate of drug-likeness (QED) is 0.553. The Morgan fingerprint density at radius 2 is 2.00 bits per heavy atom. The van der Waals surface area contributed by atoms with Crippen molar-refractivity contribution in [1.29, 1.82) is 0 Å². The van der Waals surface area contributed by atoms with Crippen molar-refractivity contribution >= 4 is 12.9 Å². The minimum absolute atomic E-state index is 0.0532. The number of hydrogen-bond donors (Lipinski definition) is 1. The molecule has 0 aromatic carbocycles. The lowest BCUT2D eigenvalue weighted by Crippen LogP contribution is -2.12. The molecule has 0 saturated heterocycles. The van der Waals surface area contributed by atoms with Crippen LogP contribution in [0.2, 0.25) is 0 Å². The smallest absolute Gasteiger partial charge is 0.263 e. The molecule has 5 nitrogen and oxygen atoms in total. The summed E-state index contributed by atoms with van der Waals surface area (Å²) in [4.78, 5) is 19.4. The molecule has 0 spiro atoms. The molecule has 0 aliphatic heterocycles. The van der Waals surface area contributed by atoms with Crippen LogP contribution < -0.4 is 5.57 Å². The third-order valence-corrected chi connectivity index (χ3v) is 1.82. The van der Waals surface area contributed by atoms with Crippen LogP contribution >= 0.6 is 7.37 Å². The van der Waals surface area contributed by atoms with Gasteiger partial charge in [0.05, 0.1) is 0 Å². The highest BCUT2D eigenvalue weighted by molar-refractivity contribution is 7.64. The van der Waals surface area contributed by atoms with Crippen LogP contribution in [-0.2, 0) is 4.57 Å². The van der Waals surface area contributed by atoms with Crippen LogP contribution in [0.4, 0.5) is 0 Å². The van der Waals surface area contributed by atoms with Crippen LogP contribution in [0.25, 0.3) is 0 Å². The zero-order valence-corrected chi connectivity index (χ0v) is 6.19. The first-order chi connectivity index (χ1) is 4.61. The number of hydrogen-bond acceptors (Lipinski definition) is 4. The van der Waals surface area contributed by atoms with E-state index in [9.17, 15) is 4.57 Å². The molecule has 0 aliphatic rings. The number of rotatable bonds is 1. The summed E-state index contributed by atoms with van der Waals surface area (Å²) < 4.78 is 10.8. The van der Waals surface area contributed by atoms with Gasteiger partial charge in [-0.3, -0.25) is 4.57 Å². The molecule has 0 fully saturated rings. The van der Waals surface area contributed by atoms with E-state index < -0.39 is 7.37 Å². The summed E-state index contributed by atoms with van der Waals surface area (Å²) in [6.07, 6.45) is 2.38. The van der Waals surface area contributed by atoms with Crippen LogP contribution in [0, 0.1) is 0 Å². The Bertz CT molecular complexity index is 256. The number of aromatic nitrogens is 3. The standard InChI is InChI=1S/C4H6N3O2P/c1-10(8,9)4-6-2-5-3-7-4/h2-3H,1H3,(H,8,9). The van der Waals surface area contributed by atoms with Crippen molar-refractivity contribution in [3.05, 3.63) is 12.7 Å². The van der Waals surface area contributed by atoms with Crippen molar-refractivity contribution in [3.8, 4) is 0 Å². The molecule has 0 bridgehead atoms. The Hall–Kier alpha value is -0.800. The average molecular weight is 159 g/mol. The Labute approximate surface area is 57.6 Å². The van der Waals surface area contributed by atoms with Crippen LogP contribution in [0.1, 0.15) is 0 Å². The van der Waals surface area contributed by atoms with E-state index in [-0.39, 0.29) is 5.57 Å². The highest BCUT2D eigenvalue weighted by atomic mass is 31.2. The van der Waals surface area contributed by atoms with Gasteiger partial charge in [-0.05, 0) is 0 Å². The molecule has 1 unspecified atom stereocenters. The maximum atomic E-state index is 10.8. The van der Waals surface area contributed by atoms with Gasteiger partial charge in [0.2, 0.25) is 5.57 Å². The molecule has 0 saturated carbocycles. The molecule has 54 valence electrons. The first-order valence-electron chi connectivity index (χ1n) is 2.53. The van der Waals surface area contributed by atoms with Crippen molar-refractivity contribution in [1.82, 2.24) is 15.0 Å². The van der Waals surface area contributed by atoms with Gasteiger partial charge in [-0.1, -0.05) is 0 Å². The molecule has 1 atom stereocenters. The van der Waals surface area contributed by atoms with E-state index in [1.807, 2.05) is 0 Å². The second-order valence-corrected chi connectivity index (χ2v) is 3.98. The largest absolute Gasteiger partial charge is 0.339 e. The predicted octanol–water partition coefficient (Wildman–Crippen LogP) is -0.603. The van der Waals surface area contributed by atoms with Gasteiger partial charge in [-0.15, -0.1) is 0 Å². The molecule has 1 N–H and O–H groups in total. The molecule has 1 heterocycles. The van der Waals surface area contributed by atoms with Crippen LogP contribution in [0.3, 0.4) is 0 Å². The lowest BCUT2D eigenvalue weighted by atomic mass is 11.1. The van der Waals surface area contributed by atoms with Gasteiger partial charge >= 0.3 is 0 Å². The molecular formula is C4H6N3O2P. The van der Waals surface area contributed by atoms with E-state index in [4.69, 9.17) is 4.89 Å². The molecule has 1 aromatic heterocycles. The maximum Gasteiger partial charge on any atom is 0.263 e. The highest BCUT2D eigenvalue weighted by Crippen LogP contribution is 2.30. The minimum Gasteiger partial charge on any atom is -0.339 e. The van der Waals surface area contributed by atoms with Crippen molar-refractivity contribution in [2.24, 2.45) is 0 Å². The summed E-state index contributed by atoms with van der Waals surface area (Å²) in [5, 5.41) is 0. The van der Waals surface area contributed by atoms with Crippen molar-refractivity contribution < 1.29 is 9.46 Å². The molecule has 6 heteroatoms. The van der Waals surface area contributed by atoms with Crippen molar-refractivity contribution in [3.63, 3.8) is 0 Å². The van der Waals surface area contributed by atoms with Crippen molar-refractivity contribution in [2.45, 2.75) is 0 Å². The fourth-order valence-corrected chi connectivity index (χ4v) is 0.979. The SMILES string of the molecule is CP(=O)(O)c1ncncn1. The van der Waals surface area contributed by atoms with E-state index in [1.54, 1.807) is 0 Å². The zero-order valence-electron chi connectivity index (χ0n) is 5.30. The summed E-state index contributed by atoms with van der Waals surface area (Å²) in [5.41, 5.74) is -0.0532. The Balaban J connectivity index is 3.09. The van der Waals surface area contributed by atoms with Crippen molar-refractivity contribution in [2.75, 3.05) is 6.66 Å².